The molecular formula is C15H16N2O4S. The van der Waals surface area contributed by atoms with E-state index >= 15 is 0 Å². The highest BCUT2D eigenvalue weighted by atomic mass is 32.2. The Bertz CT molecular complexity index is 833. The first-order valence-electron chi connectivity index (χ1n) is 6.93. The second-order valence-electron chi connectivity index (χ2n) is 5.31. The van der Waals surface area contributed by atoms with Gasteiger partial charge in [-0.3, -0.25) is 4.79 Å². The lowest BCUT2D eigenvalue weighted by molar-refractivity contribution is 0.0935. The number of methoxy groups -OCH3 is 1. The van der Waals surface area contributed by atoms with Gasteiger partial charge >= 0.3 is 0 Å². The molecule has 0 saturated carbocycles. The van der Waals surface area contributed by atoms with Crippen molar-refractivity contribution in [1.82, 2.24) is 10.3 Å². The first kappa shape index (κ1) is 14.8. The maximum atomic E-state index is 12.3. The van der Waals surface area contributed by atoms with Crippen molar-refractivity contribution in [2.75, 3.05) is 18.6 Å². The number of rotatable bonds is 3. The molecule has 1 amide bonds. The fraction of sp³-hybridized carbons (Fsp3) is 0.333. The summed E-state index contributed by atoms with van der Waals surface area (Å²) in [4.78, 5) is 16.5. The van der Waals surface area contributed by atoms with Gasteiger partial charge in [-0.2, -0.15) is 0 Å². The lowest BCUT2D eigenvalue weighted by atomic mass is 10.1. The number of ether oxygens (including phenoxy) is 1. The summed E-state index contributed by atoms with van der Waals surface area (Å²) in [6, 6.07) is 8.80. The minimum atomic E-state index is -3.03. The topological polar surface area (TPSA) is 85.4 Å². The molecule has 0 aliphatic carbocycles. The van der Waals surface area contributed by atoms with Crippen LogP contribution in [-0.4, -0.2) is 44.0 Å². The number of pyridine rings is 1. The third-order valence-corrected chi connectivity index (χ3v) is 5.47. The van der Waals surface area contributed by atoms with Gasteiger partial charge in [0.2, 0.25) is 5.88 Å². The van der Waals surface area contributed by atoms with Crippen molar-refractivity contribution in [3.05, 3.63) is 36.0 Å². The molecule has 2 aromatic rings. The number of sulfone groups is 1. The summed E-state index contributed by atoms with van der Waals surface area (Å²) in [7, 11) is -1.53. The van der Waals surface area contributed by atoms with Gasteiger partial charge in [-0.15, -0.1) is 0 Å². The number of benzene rings is 1. The normalized spacial score (nSPS) is 20.0. The fourth-order valence-corrected chi connectivity index (χ4v) is 4.28. The van der Waals surface area contributed by atoms with Crippen molar-refractivity contribution >= 4 is 26.5 Å². The van der Waals surface area contributed by atoms with Gasteiger partial charge < -0.3 is 10.1 Å². The van der Waals surface area contributed by atoms with Crippen LogP contribution in [0, 0.1) is 0 Å². The van der Waals surface area contributed by atoms with E-state index in [1.54, 1.807) is 6.07 Å². The largest absolute Gasteiger partial charge is 0.481 e. The predicted molar refractivity (Wildman–Crippen MR) is 82.8 cm³/mol. The van der Waals surface area contributed by atoms with Crippen molar-refractivity contribution in [3.63, 3.8) is 0 Å². The molecule has 1 N–H and O–H groups in total. The molecule has 1 fully saturated rings. The van der Waals surface area contributed by atoms with E-state index in [-0.39, 0.29) is 29.1 Å². The van der Waals surface area contributed by atoms with E-state index in [1.807, 2.05) is 24.3 Å². The third kappa shape index (κ3) is 2.89. The zero-order valence-electron chi connectivity index (χ0n) is 12.1. The molecular weight excluding hydrogens is 304 g/mol. The van der Waals surface area contributed by atoms with Crippen LogP contribution in [0.3, 0.4) is 0 Å². The van der Waals surface area contributed by atoms with E-state index < -0.39 is 9.84 Å². The summed E-state index contributed by atoms with van der Waals surface area (Å²) >= 11 is 0. The maximum Gasteiger partial charge on any atom is 0.270 e. The van der Waals surface area contributed by atoms with Crippen LogP contribution in [-0.2, 0) is 9.84 Å². The van der Waals surface area contributed by atoms with Crippen LogP contribution >= 0.6 is 0 Å². The molecule has 1 aliphatic heterocycles. The van der Waals surface area contributed by atoms with Crippen LogP contribution in [0.25, 0.3) is 10.8 Å². The van der Waals surface area contributed by atoms with E-state index in [2.05, 4.69) is 10.3 Å². The van der Waals surface area contributed by atoms with Crippen LogP contribution in [0.2, 0.25) is 0 Å². The first-order valence-corrected chi connectivity index (χ1v) is 8.76. The van der Waals surface area contributed by atoms with Gasteiger partial charge in [0.1, 0.15) is 5.69 Å². The number of hydrogen-bond acceptors (Lipinski definition) is 5. The average molecular weight is 320 g/mol. The molecule has 1 unspecified atom stereocenters. The molecule has 0 spiro atoms. The Morgan fingerprint density at radius 1 is 1.36 bits per heavy atom. The monoisotopic (exact) mass is 320 g/mol. The summed E-state index contributed by atoms with van der Waals surface area (Å²) in [6.07, 6.45) is 0.443. The zero-order chi connectivity index (χ0) is 15.7. The van der Waals surface area contributed by atoms with Gasteiger partial charge in [-0.1, -0.05) is 18.2 Å². The van der Waals surface area contributed by atoms with E-state index in [1.165, 1.54) is 7.11 Å². The highest BCUT2D eigenvalue weighted by Gasteiger charge is 2.29. The molecule has 1 saturated heterocycles. The summed E-state index contributed by atoms with van der Waals surface area (Å²) in [6.45, 7) is 0. The van der Waals surface area contributed by atoms with Crippen LogP contribution in [0.4, 0.5) is 0 Å². The van der Waals surface area contributed by atoms with Gasteiger partial charge in [-0.05, 0) is 23.9 Å². The number of nitrogens with zero attached hydrogens (tertiary/aromatic N) is 1. The van der Waals surface area contributed by atoms with E-state index in [0.29, 0.717) is 12.3 Å². The fourth-order valence-electron chi connectivity index (χ4n) is 2.61. The van der Waals surface area contributed by atoms with Crippen molar-refractivity contribution in [3.8, 4) is 5.88 Å². The molecule has 6 nitrogen and oxygen atoms in total. The molecule has 2 heterocycles. The Morgan fingerprint density at radius 3 is 2.82 bits per heavy atom. The smallest absolute Gasteiger partial charge is 0.270 e. The second-order valence-corrected chi connectivity index (χ2v) is 7.54. The highest BCUT2D eigenvalue weighted by Crippen LogP contribution is 2.24. The number of amides is 1. The Balaban J connectivity index is 1.88. The lowest BCUT2D eigenvalue weighted by Crippen LogP contribution is -2.36. The molecule has 1 aromatic carbocycles. The van der Waals surface area contributed by atoms with Crippen LogP contribution in [0.5, 0.6) is 5.88 Å². The minimum absolute atomic E-state index is 0.0105. The minimum Gasteiger partial charge on any atom is -0.481 e. The van der Waals surface area contributed by atoms with E-state index in [0.717, 1.165) is 10.8 Å². The second kappa shape index (κ2) is 5.57. The summed E-state index contributed by atoms with van der Waals surface area (Å²) in [5.41, 5.74) is 0.222. The number of carbonyl (C=O) groups is 1. The molecule has 3 rings (SSSR count). The summed E-state index contributed by atoms with van der Waals surface area (Å²) in [5.74, 6) is 0.101. The molecule has 1 aromatic heterocycles. The average Bonchev–Trinajstić information content (AvgIpc) is 2.84. The number of carbonyl (C=O) groups excluding carboxylic acids is 1. The molecule has 7 heteroatoms. The number of aromatic nitrogens is 1. The SMILES string of the molecule is COc1nc(C(=O)NC2CCS(=O)(=O)C2)cc2ccccc12. The van der Waals surface area contributed by atoms with Gasteiger partial charge in [-0.25, -0.2) is 13.4 Å². The maximum absolute atomic E-state index is 12.3. The molecule has 1 atom stereocenters. The highest BCUT2D eigenvalue weighted by molar-refractivity contribution is 7.91. The van der Waals surface area contributed by atoms with E-state index in [4.69, 9.17) is 4.74 Å². The quantitative estimate of drug-likeness (QED) is 0.917. The lowest BCUT2D eigenvalue weighted by Gasteiger charge is -2.12. The summed E-state index contributed by atoms with van der Waals surface area (Å²) < 4.78 is 28.1. The Labute approximate surface area is 128 Å². The van der Waals surface area contributed by atoms with Crippen molar-refractivity contribution in [2.24, 2.45) is 0 Å². The number of fused-ring (bicyclic) bond motifs is 1. The Kier molecular flexibility index (Phi) is 3.74. The molecule has 0 bridgehead atoms. The third-order valence-electron chi connectivity index (χ3n) is 3.70. The Morgan fingerprint density at radius 2 is 2.14 bits per heavy atom. The number of hydrogen-bond donors (Lipinski definition) is 1. The Hall–Kier alpha value is -2.15. The van der Waals surface area contributed by atoms with Gasteiger partial charge in [0.25, 0.3) is 5.91 Å². The number of nitrogens with one attached hydrogen (secondary N) is 1. The van der Waals surface area contributed by atoms with Crippen LogP contribution < -0.4 is 10.1 Å². The van der Waals surface area contributed by atoms with Gasteiger partial charge in [0.05, 0.1) is 18.6 Å². The van der Waals surface area contributed by atoms with Gasteiger partial charge in [0, 0.05) is 11.4 Å². The van der Waals surface area contributed by atoms with Crippen LogP contribution in [0.15, 0.2) is 30.3 Å². The molecule has 0 radical (unpaired) electrons. The molecule has 1 aliphatic rings. The predicted octanol–water partition coefficient (Wildman–Crippen LogP) is 1.16. The summed E-state index contributed by atoms with van der Waals surface area (Å²) in [5, 5.41) is 4.40. The first-order chi connectivity index (χ1) is 10.5. The zero-order valence-corrected chi connectivity index (χ0v) is 12.9. The van der Waals surface area contributed by atoms with E-state index in [9.17, 15) is 13.2 Å². The van der Waals surface area contributed by atoms with Crippen molar-refractivity contribution < 1.29 is 17.9 Å². The molecule has 116 valence electrons. The van der Waals surface area contributed by atoms with Crippen molar-refractivity contribution in [2.45, 2.75) is 12.5 Å². The van der Waals surface area contributed by atoms with Crippen LogP contribution in [0.1, 0.15) is 16.9 Å². The van der Waals surface area contributed by atoms with Crippen molar-refractivity contribution in [1.29, 1.82) is 0 Å². The van der Waals surface area contributed by atoms with Gasteiger partial charge in [0.15, 0.2) is 9.84 Å². The molecule has 22 heavy (non-hydrogen) atoms. The standard InChI is InChI=1S/C15H16N2O4S/c1-21-15-12-5-3-2-4-10(12)8-13(17-15)14(18)16-11-6-7-22(19,20)9-11/h2-5,8,11H,6-7,9H2,1H3,(H,16,18).